The predicted octanol–water partition coefficient (Wildman–Crippen LogP) is 3.50. The van der Waals surface area contributed by atoms with Crippen molar-refractivity contribution >= 4 is 16.8 Å². The van der Waals surface area contributed by atoms with Gasteiger partial charge in [0.25, 0.3) is 5.91 Å². The van der Waals surface area contributed by atoms with E-state index in [1.165, 1.54) is 19.3 Å². The quantitative estimate of drug-likeness (QED) is 0.858. The number of ether oxygens (including phenoxy) is 1. The third kappa shape index (κ3) is 3.58. The maximum absolute atomic E-state index is 12.4. The first-order valence-corrected chi connectivity index (χ1v) is 8.60. The number of hydrogen-bond acceptors (Lipinski definition) is 2. The van der Waals surface area contributed by atoms with Crippen LogP contribution in [0.5, 0.6) is 0 Å². The zero-order valence-electron chi connectivity index (χ0n) is 14.0. The van der Waals surface area contributed by atoms with E-state index in [1.54, 1.807) is 0 Å². The van der Waals surface area contributed by atoms with Gasteiger partial charge in [-0.2, -0.15) is 0 Å². The van der Waals surface area contributed by atoms with E-state index in [1.807, 2.05) is 42.1 Å². The first-order valence-electron chi connectivity index (χ1n) is 8.60. The monoisotopic (exact) mass is 314 g/mol. The lowest BCUT2D eigenvalue weighted by atomic mass is 9.88. The molecule has 1 aromatic carbocycles. The minimum Gasteiger partial charge on any atom is -0.376 e. The fraction of sp³-hybridized carbons (Fsp3) is 0.526. The Kier molecular flexibility index (Phi) is 5.01. The summed E-state index contributed by atoms with van der Waals surface area (Å²) in [6.45, 7) is 3.41. The Hall–Kier alpha value is -1.81. The van der Waals surface area contributed by atoms with Gasteiger partial charge in [-0.05, 0) is 24.8 Å². The standard InChI is InChI=1S/C19H26N2O2/c1-14-7-3-6-10-18(14)23-12-11-20-19(22)16-13-21(2)17-9-5-4-8-15(16)17/h4-5,8-9,13-14,18H,3,6-7,10-12H2,1-2H3,(H,20,22). The van der Waals surface area contributed by atoms with Crippen molar-refractivity contribution in [1.29, 1.82) is 0 Å². The molecule has 1 saturated carbocycles. The Morgan fingerprint density at radius 3 is 2.91 bits per heavy atom. The molecule has 4 nitrogen and oxygen atoms in total. The number of aryl methyl sites for hydroxylation is 1. The first kappa shape index (κ1) is 16.1. The third-order valence-electron chi connectivity index (χ3n) is 4.89. The molecule has 2 unspecified atom stereocenters. The predicted molar refractivity (Wildman–Crippen MR) is 92.6 cm³/mol. The summed E-state index contributed by atoms with van der Waals surface area (Å²) in [6.07, 6.45) is 7.24. The highest BCUT2D eigenvalue weighted by atomic mass is 16.5. The zero-order chi connectivity index (χ0) is 16.2. The van der Waals surface area contributed by atoms with Gasteiger partial charge in [0.2, 0.25) is 0 Å². The molecular weight excluding hydrogens is 288 g/mol. The number of rotatable bonds is 5. The maximum Gasteiger partial charge on any atom is 0.253 e. The Bertz CT molecular complexity index is 677. The van der Waals surface area contributed by atoms with Gasteiger partial charge in [0.05, 0.1) is 18.3 Å². The van der Waals surface area contributed by atoms with E-state index in [9.17, 15) is 4.79 Å². The lowest BCUT2D eigenvalue weighted by Gasteiger charge is -2.28. The molecule has 23 heavy (non-hydrogen) atoms. The van der Waals surface area contributed by atoms with Crippen LogP contribution in [0.2, 0.25) is 0 Å². The fourth-order valence-corrected chi connectivity index (χ4v) is 3.52. The summed E-state index contributed by atoms with van der Waals surface area (Å²) >= 11 is 0. The second kappa shape index (κ2) is 7.18. The van der Waals surface area contributed by atoms with Gasteiger partial charge in [0, 0.05) is 30.7 Å². The number of fused-ring (bicyclic) bond motifs is 1. The summed E-state index contributed by atoms with van der Waals surface area (Å²) in [5, 5.41) is 3.98. The van der Waals surface area contributed by atoms with Gasteiger partial charge < -0.3 is 14.6 Å². The van der Waals surface area contributed by atoms with Crippen molar-refractivity contribution in [1.82, 2.24) is 9.88 Å². The summed E-state index contributed by atoms with van der Waals surface area (Å²) < 4.78 is 7.94. The number of aromatic nitrogens is 1. The van der Waals surface area contributed by atoms with Crippen LogP contribution in [0, 0.1) is 5.92 Å². The molecule has 1 aromatic heterocycles. The molecule has 1 fully saturated rings. The molecule has 4 heteroatoms. The van der Waals surface area contributed by atoms with Crippen molar-refractivity contribution in [2.24, 2.45) is 13.0 Å². The highest BCUT2D eigenvalue weighted by Crippen LogP contribution is 2.26. The maximum atomic E-state index is 12.4. The van der Waals surface area contributed by atoms with Crippen LogP contribution in [0.4, 0.5) is 0 Å². The van der Waals surface area contributed by atoms with Gasteiger partial charge in [-0.3, -0.25) is 4.79 Å². The summed E-state index contributed by atoms with van der Waals surface area (Å²) in [6, 6.07) is 7.97. The van der Waals surface area contributed by atoms with Crippen molar-refractivity contribution in [2.75, 3.05) is 13.2 Å². The van der Waals surface area contributed by atoms with Gasteiger partial charge in [0.1, 0.15) is 0 Å². The summed E-state index contributed by atoms with van der Waals surface area (Å²) in [7, 11) is 1.96. The fourth-order valence-electron chi connectivity index (χ4n) is 3.52. The van der Waals surface area contributed by atoms with Crippen molar-refractivity contribution in [2.45, 2.75) is 38.7 Å². The van der Waals surface area contributed by atoms with Crippen LogP contribution in [-0.4, -0.2) is 29.7 Å². The summed E-state index contributed by atoms with van der Waals surface area (Å²) in [5.41, 5.74) is 1.80. The van der Waals surface area contributed by atoms with E-state index in [2.05, 4.69) is 12.2 Å². The van der Waals surface area contributed by atoms with Crippen LogP contribution in [0.25, 0.3) is 10.9 Å². The molecule has 1 heterocycles. The summed E-state index contributed by atoms with van der Waals surface area (Å²) in [4.78, 5) is 12.4. The zero-order valence-corrected chi connectivity index (χ0v) is 14.0. The van der Waals surface area contributed by atoms with Crippen LogP contribution >= 0.6 is 0 Å². The Morgan fingerprint density at radius 2 is 2.09 bits per heavy atom. The van der Waals surface area contributed by atoms with Gasteiger partial charge in [-0.15, -0.1) is 0 Å². The van der Waals surface area contributed by atoms with Gasteiger partial charge in [-0.25, -0.2) is 0 Å². The number of amides is 1. The number of benzene rings is 1. The molecule has 0 saturated heterocycles. The highest BCUT2D eigenvalue weighted by Gasteiger charge is 2.21. The van der Waals surface area contributed by atoms with E-state index in [0.29, 0.717) is 25.2 Å². The van der Waals surface area contributed by atoms with E-state index < -0.39 is 0 Å². The molecule has 0 bridgehead atoms. The molecule has 0 radical (unpaired) electrons. The SMILES string of the molecule is CC1CCCCC1OCCNC(=O)c1cn(C)c2ccccc12. The average molecular weight is 314 g/mol. The van der Waals surface area contributed by atoms with Gasteiger partial charge in [0.15, 0.2) is 0 Å². The van der Waals surface area contributed by atoms with Gasteiger partial charge in [-0.1, -0.05) is 38.0 Å². The third-order valence-corrected chi connectivity index (χ3v) is 4.89. The molecular formula is C19H26N2O2. The Labute approximate surface area is 137 Å². The molecule has 124 valence electrons. The van der Waals surface area contributed by atoms with Crippen LogP contribution in [0.15, 0.2) is 30.5 Å². The number of nitrogens with zero attached hydrogens (tertiary/aromatic N) is 1. The van der Waals surface area contributed by atoms with Crippen LogP contribution < -0.4 is 5.32 Å². The minimum atomic E-state index is -0.0258. The Balaban J connectivity index is 1.53. The van der Waals surface area contributed by atoms with Crippen molar-refractivity contribution < 1.29 is 9.53 Å². The number of hydrogen-bond donors (Lipinski definition) is 1. The number of para-hydroxylation sites is 1. The molecule has 2 aromatic rings. The average Bonchev–Trinajstić information content (AvgIpc) is 2.90. The van der Waals surface area contributed by atoms with Crippen molar-refractivity contribution in [3.8, 4) is 0 Å². The minimum absolute atomic E-state index is 0.0258. The number of nitrogens with one attached hydrogen (secondary N) is 1. The molecule has 1 amide bonds. The second-order valence-corrected chi connectivity index (χ2v) is 6.60. The molecule has 0 aliphatic heterocycles. The van der Waals surface area contributed by atoms with Crippen molar-refractivity contribution in [3.63, 3.8) is 0 Å². The lowest BCUT2D eigenvalue weighted by Crippen LogP contribution is -2.31. The number of carbonyl (C=O) groups is 1. The van der Waals surface area contributed by atoms with Crippen LogP contribution in [0.3, 0.4) is 0 Å². The summed E-state index contributed by atoms with van der Waals surface area (Å²) in [5.74, 6) is 0.611. The molecule has 1 N–H and O–H groups in total. The van der Waals surface area contributed by atoms with E-state index in [4.69, 9.17) is 4.74 Å². The van der Waals surface area contributed by atoms with E-state index in [-0.39, 0.29) is 5.91 Å². The van der Waals surface area contributed by atoms with Gasteiger partial charge >= 0.3 is 0 Å². The molecule has 1 aliphatic carbocycles. The largest absolute Gasteiger partial charge is 0.376 e. The normalized spacial score (nSPS) is 21.5. The number of carbonyl (C=O) groups excluding carboxylic acids is 1. The Morgan fingerprint density at radius 1 is 1.30 bits per heavy atom. The topological polar surface area (TPSA) is 43.3 Å². The second-order valence-electron chi connectivity index (χ2n) is 6.60. The van der Waals surface area contributed by atoms with E-state index in [0.717, 1.165) is 22.9 Å². The highest BCUT2D eigenvalue weighted by molar-refractivity contribution is 6.06. The van der Waals surface area contributed by atoms with Crippen LogP contribution in [-0.2, 0) is 11.8 Å². The smallest absolute Gasteiger partial charge is 0.253 e. The first-order chi connectivity index (χ1) is 11.2. The van der Waals surface area contributed by atoms with Crippen LogP contribution in [0.1, 0.15) is 43.0 Å². The molecule has 0 spiro atoms. The van der Waals surface area contributed by atoms with Crippen molar-refractivity contribution in [3.05, 3.63) is 36.0 Å². The molecule has 1 aliphatic rings. The van der Waals surface area contributed by atoms with E-state index >= 15 is 0 Å². The molecule has 3 rings (SSSR count). The lowest BCUT2D eigenvalue weighted by molar-refractivity contribution is -0.00293. The molecule has 2 atom stereocenters.